The zero-order valence-electron chi connectivity index (χ0n) is 10.1. The highest BCUT2D eigenvalue weighted by Crippen LogP contribution is 2.32. The minimum absolute atomic E-state index is 0.154. The van der Waals surface area contributed by atoms with Gasteiger partial charge >= 0.3 is 0 Å². The Hall–Kier alpha value is -1.33. The van der Waals surface area contributed by atoms with Crippen molar-refractivity contribution in [1.29, 1.82) is 0 Å². The third kappa shape index (κ3) is 3.36. The van der Waals surface area contributed by atoms with Gasteiger partial charge in [-0.2, -0.15) is 0 Å². The molecule has 0 saturated heterocycles. The first-order valence-electron chi connectivity index (χ1n) is 5.47. The number of phenolic OH excluding ortho intramolecular Hbond substituents is 1. The fraction of sp³-hybridized carbons (Fsp3) is 0.0714. The van der Waals surface area contributed by atoms with E-state index in [2.05, 4.69) is 36.9 Å². The molecule has 19 heavy (non-hydrogen) atoms. The first-order valence-corrected chi connectivity index (χ1v) is 7.05. The monoisotopic (exact) mass is 383 g/mol. The van der Waals surface area contributed by atoms with Gasteiger partial charge in [0.25, 0.3) is 0 Å². The van der Waals surface area contributed by atoms with Crippen LogP contribution >= 0.6 is 31.9 Å². The molecule has 2 aromatic carbocycles. The Morgan fingerprint density at radius 3 is 2.68 bits per heavy atom. The predicted octanol–water partition coefficient (Wildman–Crippen LogP) is 4.68. The standard InChI is InChI=1S/C14H11Br2NO2/c1-19-13-5-3-2-4-12(13)17-8-9-6-10(15)7-11(16)14(9)18/h2-8,18H,1H3/b17-8+. The van der Waals surface area contributed by atoms with Crippen molar-refractivity contribution in [2.24, 2.45) is 4.99 Å². The van der Waals surface area contributed by atoms with E-state index in [1.807, 2.05) is 24.3 Å². The van der Waals surface area contributed by atoms with E-state index in [0.717, 1.165) is 4.47 Å². The molecule has 0 saturated carbocycles. The highest BCUT2D eigenvalue weighted by Gasteiger charge is 2.06. The fourth-order valence-electron chi connectivity index (χ4n) is 1.56. The second kappa shape index (κ2) is 6.21. The van der Waals surface area contributed by atoms with Crippen molar-refractivity contribution >= 4 is 43.8 Å². The van der Waals surface area contributed by atoms with Crippen LogP contribution in [0.2, 0.25) is 0 Å². The first-order chi connectivity index (χ1) is 9.11. The molecule has 0 amide bonds. The Morgan fingerprint density at radius 2 is 1.95 bits per heavy atom. The van der Waals surface area contributed by atoms with Crippen LogP contribution in [0.5, 0.6) is 11.5 Å². The number of aromatic hydroxyl groups is 1. The van der Waals surface area contributed by atoms with E-state index >= 15 is 0 Å². The number of hydrogen-bond acceptors (Lipinski definition) is 3. The van der Waals surface area contributed by atoms with Crippen LogP contribution in [0.25, 0.3) is 0 Å². The summed E-state index contributed by atoms with van der Waals surface area (Å²) >= 11 is 6.66. The highest BCUT2D eigenvalue weighted by molar-refractivity contribution is 9.11. The van der Waals surface area contributed by atoms with Crippen LogP contribution in [0, 0.1) is 0 Å². The minimum Gasteiger partial charge on any atom is -0.506 e. The largest absolute Gasteiger partial charge is 0.506 e. The highest BCUT2D eigenvalue weighted by atomic mass is 79.9. The molecule has 5 heteroatoms. The summed E-state index contributed by atoms with van der Waals surface area (Å²) in [6.45, 7) is 0. The average molecular weight is 385 g/mol. The Bertz CT molecular complexity index is 627. The molecule has 0 aliphatic heterocycles. The third-order valence-corrected chi connectivity index (χ3v) is 3.55. The van der Waals surface area contributed by atoms with Crippen molar-refractivity contribution in [3.8, 4) is 11.5 Å². The molecule has 1 N–H and O–H groups in total. The van der Waals surface area contributed by atoms with Crippen LogP contribution in [-0.2, 0) is 0 Å². The molecule has 0 spiro atoms. The zero-order chi connectivity index (χ0) is 13.8. The Labute approximate surface area is 128 Å². The van der Waals surface area contributed by atoms with Crippen LogP contribution in [0.15, 0.2) is 50.3 Å². The number of rotatable bonds is 3. The summed E-state index contributed by atoms with van der Waals surface area (Å²) in [5.74, 6) is 0.842. The molecule has 0 heterocycles. The Balaban J connectivity index is 2.38. The molecule has 0 fully saturated rings. The summed E-state index contributed by atoms with van der Waals surface area (Å²) in [6, 6.07) is 11.0. The molecule has 2 rings (SSSR count). The van der Waals surface area contributed by atoms with Crippen LogP contribution in [0.4, 0.5) is 5.69 Å². The molecular weight excluding hydrogens is 374 g/mol. The summed E-state index contributed by atoms with van der Waals surface area (Å²) in [7, 11) is 1.60. The maximum absolute atomic E-state index is 9.94. The topological polar surface area (TPSA) is 41.8 Å². The predicted molar refractivity (Wildman–Crippen MR) is 83.8 cm³/mol. The van der Waals surface area contributed by atoms with E-state index in [1.165, 1.54) is 0 Å². The molecule has 0 unspecified atom stereocenters. The number of halogens is 2. The van der Waals surface area contributed by atoms with Gasteiger partial charge in [0, 0.05) is 16.3 Å². The van der Waals surface area contributed by atoms with Gasteiger partial charge in [0.2, 0.25) is 0 Å². The number of methoxy groups -OCH3 is 1. The molecule has 3 nitrogen and oxygen atoms in total. The van der Waals surface area contributed by atoms with Crippen molar-refractivity contribution in [1.82, 2.24) is 0 Å². The van der Waals surface area contributed by atoms with Gasteiger partial charge in [-0.05, 0) is 40.2 Å². The number of benzene rings is 2. The van der Waals surface area contributed by atoms with E-state index in [1.54, 1.807) is 25.5 Å². The normalized spacial score (nSPS) is 10.9. The number of nitrogens with zero attached hydrogens (tertiary/aromatic N) is 1. The van der Waals surface area contributed by atoms with Crippen molar-refractivity contribution in [3.05, 3.63) is 50.9 Å². The molecule has 0 aliphatic carbocycles. The summed E-state index contributed by atoms with van der Waals surface area (Å²) in [6.07, 6.45) is 1.60. The number of hydrogen-bond donors (Lipinski definition) is 1. The van der Waals surface area contributed by atoms with E-state index in [4.69, 9.17) is 4.74 Å². The van der Waals surface area contributed by atoms with E-state index in [9.17, 15) is 5.11 Å². The van der Waals surface area contributed by atoms with Gasteiger partial charge in [0.1, 0.15) is 17.2 Å². The molecule has 0 aliphatic rings. The van der Waals surface area contributed by atoms with Crippen molar-refractivity contribution in [3.63, 3.8) is 0 Å². The number of ether oxygens (including phenoxy) is 1. The molecule has 0 atom stereocenters. The van der Waals surface area contributed by atoms with Crippen LogP contribution in [0.3, 0.4) is 0 Å². The molecule has 0 aromatic heterocycles. The number of aliphatic imine (C=N–C) groups is 1. The van der Waals surface area contributed by atoms with Gasteiger partial charge in [0.15, 0.2) is 0 Å². The average Bonchev–Trinajstić information content (AvgIpc) is 2.41. The second-order valence-electron chi connectivity index (χ2n) is 3.76. The smallest absolute Gasteiger partial charge is 0.144 e. The fourth-order valence-corrected chi connectivity index (χ4v) is 2.82. The van der Waals surface area contributed by atoms with Crippen molar-refractivity contribution in [2.75, 3.05) is 7.11 Å². The van der Waals surface area contributed by atoms with E-state index in [0.29, 0.717) is 21.5 Å². The number of phenols is 1. The van der Waals surface area contributed by atoms with Gasteiger partial charge in [-0.25, -0.2) is 0 Å². The summed E-state index contributed by atoms with van der Waals surface area (Å²) in [5.41, 5.74) is 1.33. The van der Waals surface area contributed by atoms with Crippen LogP contribution < -0.4 is 4.74 Å². The summed E-state index contributed by atoms with van der Waals surface area (Å²) in [5, 5.41) is 9.94. The summed E-state index contributed by atoms with van der Waals surface area (Å²) in [4.78, 5) is 4.34. The number of para-hydroxylation sites is 2. The lowest BCUT2D eigenvalue weighted by atomic mass is 10.2. The molecule has 0 radical (unpaired) electrons. The summed E-state index contributed by atoms with van der Waals surface area (Å²) < 4.78 is 6.69. The van der Waals surface area contributed by atoms with E-state index in [-0.39, 0.29) is 5.75 Å². The first kappa shape index (κ1) is 14.1. The van der Waals surface area contributed by atoms with Crippen molar-refractivity contribution < 1.29 is 9.84 Å². The Morgan fingerprint density at radius 1 is 1.21 bits per heavy atom. The maximum Gasteiger partial charge on any atom is 0.144 e. The van der Waals surface area contributed by atoms with Crippen LogP contribution in [0.1, 0.15) is 5.56 Å². The van der Waals surface area contributed by atoms with Gasteiger partial charge < -0.3 is 9.84 Å². The lowest BCUT2D eigenvalue weighted by Crippen LogP contribution is -1.86. The van der Waals surface area contributed by atoms with Crippen LogP contribution in [-0.4, -0.2) is 18.4 Å². The molecule has 98 valence electrons. The van der Waals surface area contributed by atoms with Gasteiger partial charge in [-0.15, -0.1) is 0 Å². The molecular formula is C14H11Br2NO2. The minimum atomic E-state index is 0.154. The quantitative estimate of drug-likeness (QED) is 0.780. The molecule has 2 aromatic rings. The van der Waals surface area contributed by atoms with Gasteiger partial charge in [-0.3, -0.25) is 4.99 Å². The lowest BCUT2D eigenvalue weighted by molar-refractivity contribution is 0.416. The lowest BCUT2D eigenvalue weighted by Gasteiger charge is -2.05. The zero-order valence-corrected chi connectivity index (χ0v) is 13.3. The molecule has 0 bridgehead atoms. The van der Waals surface area contributed by atoms with Gasteiger partial charge in [-0.1, -0.05) is 28.1 Å². The Kier molecular flexibility index (Phi) is 4.61. The third-order valence-electron chi connectivity index (χ3n) is 2.49. The SMILES string of the molecule is COc1ccccc1/N=C/c1cc(Br)cc(Br)c1O. The van der Waals surface area contributed by atoms with E-state index < -0.39 is 0 Å². The maximum atomic E-state index is 9.94. The second-order valence-corrected chi connectivity index (χ2v) is 5.53. The van der Waals surface area contributed by atoms with Gasteiger partial charge in [0.05, 0.1) is 11.6 Å². The van der Waals surface area contributed by atoms with Crippen molar-refractivity contribution in [2.45, 2.75) is 0 Å².